The fraction of sp³-hybridized carbons (Fsp3) is 0.263. The molecule has 1 aliphatic heterocycles. The lowest BCUT2D eigenvalue weighted by atomic mass is 10.1. The number of aliphatic hydroxyl groups excluding tert-OH is 1. The molecule has 1 atom stereocenters. The Kier molecular flexibility index (Phi) is 5.74. The number of nitrogens with zero attached hydrogens (tertiary/aromatic N) is 2. The van der Waals surface area contributed by atoms with Crippen molar-refractivity contribution in [1.29, 1.82) is 0 Å². The van der Waals surface area contributed by atoms with Gasteiger partial charge in [0, 0.05) is 24.3 Å². The topological polar surface area (TPSA) is 91.1 Å². The number of benzene rings is 2. The number of anilines is 1. The number of aliphatic hydroxyl groups is 1. The maximum atomic E-state index is 13.6. The summed E-state index contributed by atoms with van der Waals surface area (Å²) >= 11 is 0. The SMILES string of the molecule is [C-]#[N+]Cc1cc(NC(=O)c2cccc(S(=O)(=O)N3CCC(O)C3)c2)ccc1F. The number of nitrogens with one attached hydrogen (secondary N) is 1. The van der Waals surface area contributed by atoms with Crippen molar-refractivity contribution in [1.82, 2.24) is 4.31 Å². The Labute approximate surface area is 162 Å². The zero-order chi connectivity index (χ0) is 20.3. The van der Waals surface area contributed by atoms with Crippen molar-refractivity contribution in [3.8, 4) is 0 Å². The molecule has 1 saturated heterocycles. The first-order valence-corrected chi connectivity index (χ1v) is 9.96. The number of hydrogen-bond acceptors (Lipinski definition) is 4. The maximum Gasteiger partial charge on any atom is 0.255 e. The fourth-order valence-electron chi connectivity index (χ4n) is 2.94. The smallest absolute Gasteiger partial charge is 0.255 e. The van der Waals surface area contributed by atoms with E-state index in [-0.39, 0.29) is 35.7 Å². The van der Waals surface area contributed by atoms with Gasteiger partial charge in [0.2, 0.25) is 16.6 Å². The van der Waals surface area contributed by atoms with Gasteiger partial charge in [-0.25, -0.2) is 19.4 Å². The van der Waals surface area contributed by atoms with Crippen LogP contribution >= 0.6 is 0 Å². The number of carbonyl (C=O) groups excluding carboxylic acids is 1. The van der Waals surface area contributed by atoms with E-state index < -0.39 is 27.9 Å². The second-order valence-electron chi connectivity index (χ2n) is 6.41. The molecule has 1 amide bonds. The molecule has 0 radical (unpaired) electrons. The summed E-state index contributed by atoms with van der Waals surface area (Å²) in [4.78, 5) is 15.6. The summed E-state index contributed by atoms with van der Waals surface area (Å²) in [5, 5.41) is 12.2. The monoisotopic (exact) mass is 403 g/mol. The number of rotatable bonds is 5. The van der Waals surface area contributed by atoms with Crippen LogP contribution in [0, 0.1) is 12.4 Å². The maximum absolute atomic E-state index is 13.6. The number of hydrogen-bond donors (Lipinski definition) is 2. The molecule has 0 saturated carbocycles. The third-order valence-electron chi connectivity index (χ3n) is 4.41. The molecular formula is C19H18FN3O4S. The Morgan fingerprint density at radius 3 is 2.79 bits per heavy atom. The molecule has 0 spiro atoms. The van der Waals surface area contributed by atoms with E-state index in [1.165, 1.54) is 40.7 Å². The van der Waals surface area contributed by atoms with Crippen LogP contribution in [-0.4, -0.2) is 42.9 Å². The van der Waals surface area contributed by atoms with Gasteiger partial charge in [-0.05, 0) is 42.8 Å². The predicted octanol–water partition coefficient (Wildman–Crippen LogP) is 2.25. The van der Waals surface area contributed by atoms with Gasteiger partial charge < -0.3 is 15.3 Å². The van der Waals surface area contributed by atoms with E-state index in [1.54, 1.807) is 0 Å². The summed E-state index contributed by atoms with van der Waals surface area (Å²) in [6.07, 6.45) is -0.318. The molecule has 28 heavy (non-hydrogen) atoms. The van der Waals surface area contributed by atoms with Gasteiger partial charge in [0.1, 0.15) is 5.82 Å². The van der Waals surface area contributed by atoms with Crippen molar-refractivity contribution in [2.75, 3.05) is 18.4 Å². The zero-order valence-electron chi connectivity index (χ0n) is 14.8. The number of halogens is 1. The minimum atomic E-state index is -3.81. The second kappa shape index (κ2) is 8.06. The summed E-state index contributed by atoms with van der Waals surface area (Å²) in [5.74, 6) is -1.09. The first-order chi connectivity index (χ1) is 13.3. The summed E-state index contributed by atoms with van der Waals surface area (Å²) in [6, 6.07) is 9.49. The van der Waals surface area contributed by atoms with Crippen LogP contribution in [0.1, 0.15) is 22.3 Å². The van der Waals surface area contributed by atoms with Crippen LogP contribution in [-0.2, 0) is 16.6 Å². The van der Waals surface area contributed by atoms with E-state index in [9.17, 15) is 22.7 Å². The molecule has 1 fully saturated rings. The van der Waals surface area contributed by atoms with Crippen LogP contribution in [0.2, 0.25) is 0 Å². The largest absolute Gasteiger partial charge is 0.392 e. The molecule has 146 valence electrons. The summed E-state index contributed by atoms with van der Waals surface area (Å²) < 4.78 is 40.2. The lowest BCUT2D eigenvalue weighted by Crippen LogP contribution is -2.29. The highest BCUT2D eigenvalue weighted by Gasteiger charge is 2.31. The van der Waals surface area contributed by atoms with Gasteiger partial charge in [-0.15, -0.1) is 0 Å². The van der Waals surface area contributed by atoms with Crippen LogP contribution in [0.5, 0.6) is 0 Å². The Morgan fingerprint density at radius 2 is 2.11 bits per heavy atom. The molecule has 2 N–H and O–H groups in total. The predicted molar refractivity (Wildman–Crippen MR) is 100 cm³/mol. The average Bonchev–Trinajstić information content (AvgIpc) is 3.12. The van der Waals surface area contributed by atoms with E-state index >= 15 is 0 Å². The molecule has 9 heteroatoms. The number of carbonyl (C=O) groups is 1. The number of sulfonamides is 1. The molecule has 2 aromatic rings. The van der Waals surface area contributed by atoms with Crippen molar-refractivity contribution < 1.29 is 22.7 Å². The van der Waals surface area contributed by atoms with Gasteiger partial charge in [-0.2, -0.15) is 4.31 Å². The highest BCUT2D eigenvalue weighted by atomic mass is 32.2. The van der Waals surface area contributed by atoms with Gasteiger partial charge in [0.05, 0.1) is 16.6 Å². The average molecular weight is 403 g/mol. The van der Waals surface area contributed by atoms with Gasteiger partial charge in [-0.3, -0.25) is 4.79 Å². The van der Waals surface area contributed by atoms with Gasteiger partial charge in [0.15, 0.2) is 0 Å². The van der Waals surface area contributed by atoms with Crippen LogP contribution in [0.3, 0.4) is 0 Å². The minimum absolute atomic E-state index is 0.0260. The van der Waals surface area contributed by atoms with Gasteiger partial charge in [-0.1, -0.05) is 6.07 Å². The first kappa shape index (κ1) is 19.9. The fourth-order valence-corrected chi connectivity index (χ4v) is 4.48. The van der Waals surface area contributed by atoms with Crippen LogP contribution < -0.4 is 5.32 Å². The zero-order valence-corrected chi connectivity index (χ0v) is 15.6. The second-order valence-corrected chi connectivity index (χ2v) is 8.35. The lowest BCUT2D eigenvalue weighted by molar-refractivity contribution is 0.102. The molecule has 0 aliphatic carbocycles. The lowest BCUT2D eigenvalue weighted by Gasteiger charge is -2.16. The Balaban J connectivity index is 1.81. The summed E-state index contributed by atoms with van der Waals surface area (Å²) in [5.41, 5.74) is 0.592. The summed E-state index contributed by atoms with van der Waals surface area (Å²) in [6.45, 7) is 6.94. The molecule has 7 nitrogen and oxygen atoms in total. The standard InChI is InChI=1S/C19H18FN3O4S/c1-21-11-14-9-15(5-6-18(14)20)22-19(25)13-3-2-4-17(10-13)28(26,27)23-8-7-16(24)12-23/h2-6,9-10,16,24H,7-8,11-12H2,(H,22,25). The van der Waals surface area contributed by atoms with Crippen molar-refractivity contribution in [2.45, 2.75) is 24.0 Å². The van der Waals surface area contributed by atoms with Crippen LogP contribution in [0.25, 0.3) is 4.85 Å². The van der Waals surface area contributed by atoms with E-state index in [2.05, 4.69) is 10.2 Å². The van der Waals surface area contributed by atoms with Crippen molar-refractivity contribution in [2.24, 2.45) is 0 Å². The Hall–Kier alpha value is -2.80. The molecule has 0 aromatic heterocycles. The molecule has 2 aromatic carbocycles. The molecule has 1 aliphatic rings. The molecular weight excluding hydrogens is 385 g/mol. The van der Waals surface area contributed by atoms with Crippen molar-refractivity contribution in [3.63, 3.8) is 0 Å². The number of amides is 1. The van der Waals surface area contributed by atoms with E-state index in [4.69, 9.17) is 6.57 Å². The summed E-state index contributed by atoms with van der Waals surface area (Å²) in [7, 11) is -3.81. The van der Waals surface area contributed by atoms with E-state index in [0.717, 1.165) is 6.07 Å². The van der Waals surface area contributed by atoms with Gasteiger partial charge >= 0.3 is 0 Å². The molecule has 1 heterocycles. The normalized spacial score (nSPS) is 17.2. The van der Waals surface area contributed by atoms with Crippen molar-refractivity contribution in [3.05, 3.63) is 70.8 Å². The quantitative estimate of drug-likeness (QED) is 0.750. The highest BCUT2D eigenvalue weighted by molar-refractivity contribution is 7.89. The Morgan fingerprint density at radius 1 is 1.32 bits per heavy atom. The first-order valence-electron chi connectivity index (χ1n) is 8.52. The third-order valence-corrected chi connectivity index (χ3v) is 6.27. The van der Waals surface area contributed by atoms with E-state index in [1.807, 2.05) is 0 Å². The Bertz CT molecular complexity index is 1050. The molecule has 1 unspecified atom stereocenters. The van der Waals surface area contributed by atoms with Crippen LogP contribution in [0.15, 0.2) is 47.4 Å². The minimum Gasteiger partial charge on any atom is -0.392 e. The van der Waals surface area contributed by atoms with Crippen LogP contribution in [0.4, 0.5) is 10.1 Å². The molecule has 3 rings (SSSR count). The van der Waals surface area contributed by atoms with Crippen molar-refractivity contribution >= 4 is 21.6 Å². The third kappa shape index (κ3) is 4.20. The van der Waals surface area contributed by atoms with E-state index in [0.29, 0.717) is 12.1 Å². The molecule has 0 bridgehead atoms. The van der Waals surface area contributed by atoms with Gasteiger partial charge in [0.25, 0.3) is 5.91 Å². The highest BCUT2D eigenvalue weighted by Crippen LogP contribution is 2.23. The number of β-amino-alcohol motifs (C(OH)–C–C–N with tert-alkyl or cyclic N) is 1.